The number of hydrogen-bond acceptors (Lipinski definition) is 4. The Labute approximate surface area is 104 Å². The van der Waals surface area contributed by atoms with E-state index < -0.39 is 0 Å². The summed E-state index contributed by atoms with van der Waals surface area (Å²) in [5, 5.41) is 0.988. The predicted octanol–water partition coefficient (Wildman–Crippen LogP) is 3.77. The minimum absolute atomic E-state index is 0.178. The van der Waals surface area contributed by atoms with Crippen molar-refractivity contribution >= 4 is 44.4 Å². The van der Waals surface area contributed by atoms with E-state index in [1.165, 1.54) is 0 Å². The summed E-state index contributed by atoms with van der Waals surface area (Å²) in [6.07, 6.45) is 2.28. The van der Waals surface area contributed by atoms with Gasteiger partial charge in [-0.05, 0) is 35.0 Å². The van der Waals surface area contributed by atoms with E-state index in [-0.39, 0.29) is 5.78 Å². The average molecular weight is 302 g/mol. The van der Waals surface area contributed by atoms with Crippen LogP contribution in [0.15, 0.2) is 22.1 Å². The Morgan fingerprint density at radius 1 is 1.47 bits per heavy atom. The van der Waals surface area contributed by atoms with Crippen molar-refractivity contribution < 1.29 is 4.79 Å². The van der Waals surface area contributed by atoms with Gasteiger partial charge in [0.25, 0.3) is 0 Å². The molecule has 0 bridgehead atoms. The Kier molecular flexibility index (Phi) is 3.33. The SMILES string of the molecule is CC(=O)Cc1cnc(-c2ccc(Br)s2)s1. The first-order valence-electron chi connectivity index (χ1n) is 4.35. The van der Waals surface area contributed by atoms with Gasteiger partial charge in [0.2, 0.25) is 0 Å². The number of thiophene rings is 1. The Balaban J connectivity index is 2.23. The van der Waals surface area contributed by atoms with E-state index in [0.29, 0.717) is 6.42 Å². The number of halogens is 1. The number of carbonyl (C=O) groups excluding carboxylic acids is 1. The summed E-state index contributed by atoms with van der Waals surface area (Å²) in [5.74, 6) is 0.178. The van der Waals surface area contributed by atoms with Crippen molar-refractivity contribution in [3.05, 3.63) is 27.0 Å². The molecule has 2 heterocycles. The summed E-state index contributed by atoms with van der Waals surface area (Å²) in [6, 6.07) is 4.04. The number of Topliss-reactive ketones (excluding diaryl/α,β-unsaturated/α-hetero) is 1. The quantitative estimate of drug-likeness (QED) is 0.864. The fraction of sp³-hybridized carbons (Fsp3) is 0.200. The monoisotopic (exact) mass is 301 g/mol. The van der Waals surface area contributed by atoms with Crippen LogP contribution in [0.5, 0.6) is 0 Å². The second-order valence-corrected chi connectivity index (χ2v) is 6.69. The second kappa shape index (κ2) is 4.55. The average Bonchev–Trinajstić information content (AvgIpc) is 2.72. The Morgan fingerprint density at radius 2 is 2.27 bits per heavy atom. The first kappa shape index (κ1) is 11.0. The van der Waals surface area contributed by atoms with Crippen molar-refractivity contribution in [2.45, 2.75) is 13.3 Å². The maximum Gasteiger partial charge on any atom is 0.135 e. The molecule has 0 aliphatic rings. The van der Waals surface area contributed by atoms with Crippen LogP contribution in [0.3, 0.4) is 0 Å². The molecule has 2 aromatic rings. The molecule has 0 spiro atoms. The van der Waals surface area contributed by atoms with E-state index in [4.69, 9.17) is 0 Å². The molecule has 15 heavy (non-hydrogen) atoms. The molecule has 0 N–H and O–H groups in total. The molecule has 2 rings (SSSR count). The van der Waals surface area contributed by atoms with Gasteiger partial charge in [-0.25, -0.2) is 4.98 Å². The van der Waals surface area contributed by atoms with Gasteiger partial charge in [-0.2, -0.15) is 0 Å². The molecule has 78 valence electrons. The second-order valence-electron chi connectivity index (χ2n) is 3.11. The summed E-state index contributed by atoms with van der Waals surface area (Å²) in [4.78, 5) is 17.4. The van der Waals surface area contributed by atoms with Crippen molar-refractivity contribution in [3.8, 4) is 9.88 Å². The number of ketones is 1. The van der Waals surface area contributed by atoms with Gasteiger partial charge < -0.3 is 0 Å². The number of hydrogen-bond donors (Lipinski definition) is 0. The highest BCUT2D eigenvalue weighted by molar-refractivity contribution is 9.11. The van der Waals surface area contributed by atoms with E-state index in [9.17, 15) is 4.79 Å². The van der Waals surface area contributed by atoms with E-state index in [2.05, 4.69) is 20.9 Å². The number of carbonyl (C=O) groups is 1. The third-order valence-electron chi connectivity index (χ3n) is 1.76. The minimum atomic E-state index is 0.178. The molecule has 0 radical (unpaired) electrons. The maximum atomic E-state index is 10.9. The van der Waals surface area contributed by atoms with Gasteiger partial charge in [-0.15, -0.1) is 22.7 Å². The van der Waals surface area contributed by atoms with Crippen LogP contribution in [0.2, 0.25) is 0 Å². The van der Waals surface area contributed by atoms with Gasteiger partial charge in [0.05, 0.1) is 8.66 Å². The minimum Gasteiger partial charge on any atom is -0.300 e. The van der Waals surface area contributed by atoms with Gasteiger partial charge in [0, 0.05) is 17.5 Å². The number of rotatable bonds is 3. The lowest BCUT2D eigenvalue weighted by Crippen LogP contribution is -1.92. The molecule has 0 saturated carbocycles. The van der Waals surface area contributed by atoms with Gasteiger partial charge in [0.15, 0.2) is 0 Å². The van der Waals surface area contributed by atoms with Crippen LogP contribution in [0.1, 0.15) is 11.8 Å². The molecule has 2 nitrogen and oxygen atoms in total. The zero-order chi connectivity index (χ0) is 10.8. The lowest BCUT2D eigenvalue weighted by molar-refractivity contribution is -0.116. The third-order valence-corrected chi connectivity index (χ3v) is 4.55. The van der Waals surface area contributed by atoms with Gasteiger partial charge in [-0.1, -0.05) is 0 Å². The standard InChI is InChI=1S/C10H8BrNOS2/c1-6(13)4-7-5-12-10(14-7)8-2-3-9(11)15-8/h2-3,5H,4H2,1H3. The topological polar surface area (TPSA) is 30.0 Å². The van der Waals surface area contributed by atoms with E-state index in [1.54, 1.807) is 35.8 Å². The molecule has 0 fully saturated rings. The summed E-state index contributed by atoms with van der Waals surface area (Å²) in [7, 11) is 0. The normalized spacial score (nSPS) is 10.5. The van der Waals surface area contributed by atoms with Crippen LogP contribution < -0.4 is 0 Å². The van der Waals surface area contributed by atoms with E-state index in [1.807, 2.05) is 12.1 Å². The maximum absolute atomic E-state index is 10.9. The largest absolute Gasteiger partial charge is 0.300 e. The highest BCUT2D eigenvalue weighted by Crippen LogP contribution is 2.33. The molecule has 0 unspecified atom stereocenters. The van der Waals surface area contributed by atoms with Crippen LogP contribution in [-0.2, 0) is 11.2 Å². The summed E-state index contributed by atoms with van der Waals surface area (Å²) < 4.78 is 1.10. The van der Waals surface area contributed by atoms with Crippen LogP contribution in [0.25, 0.3) is 9.88 Å². The van der Waals surface area contributed by atoms with Crippen molar-refractivity contribution in [1.29, 1.82) is 0 Å². The fourth-order valence-corrected chi connectivity index (χ4v) is 3.61. The first-order valence-corrected chi connectivity index (χ1v) is 6.77. The molecular weight excluding hydrogens is 294 g/mol. The van der Waals surface area contributed by atoms with Crippen LogP contribution in [0, 0.1) is 0 Å². The molecule has 0 amide bonds. The van der Waals surface area contributed by atoms with Gasteiger partial charge in [0.1, 0.15) is 10.8 Å². The third kappa shape index (κ3) is 2.74. The molecule has 0 atom stereocenters. The molecule has 0 aromatic carbocycles. The first-order chi connectivity index (χ1) is 7.15. The van der Waals surface area contributed by atoms with Crippen molar-refractivity contribution in [2.75, 3.05) is 0 Å². The Bertz CT molecular complexity index is 489. The van der Waals surface area contributed by atoms with Gasteiger partial charge >= 0.3 is 0 Å². The summed E-state index contributed by atoms with van der Waals surface area (Å²) in [6.45, 7) is 1.60. The number of thiazole rings is 1. The lowest BCUT2D eigenvalue weighted by Gasteiger charge is -1.88. The number of aromatic nitrogens is 1. The summed E-state index contributed by atoms with van der Waals surface area (Å²) >= 11 is 6.66. The van der Waals surface area contributed by atoms with E-state index >= 15 is 0 Å². The zero-order valence-electron chi connectivity index (χ0n) is 7.99. The fourth-order valence-electron chi connectivity index (χ4n) is 1.18. The smallest absolute Gasteiger partial charge is 0.135 e. The lowest BCUT2D eigenvalue weighted by atomic mass is 10.3. The molecule has 0 aliphatic heterocycles. The molecule has 5 heteroatoms. The Hall–Kier alpha value is -0.520. The zero-order valence-corrected chi connectivity index (χ0v) is 11.2. The summed E-state index contributed by atoms with van der Waals surface area (Å²) in [5.41, 5.74) is 0. The van der Waals surface area contributed by atoms with Gasteiger partial charge in [-0.3, -0.25) is 4.79 Å². The number of nitrogens with zero attached hydrogens (tertiary/aromatic N) is 1. The Morgan fingerprint density at radius 3 is 2.87 bits per heavy atom. The van der Waals surface area contributed by atoms with Crippen molar-refractivity contribution in [2.24, 2.45) is 0 Å². The molecular formula is C10H8BrNOS2. The predicted molar refractivity (Wildman–Crippen MR) is 67.5 cm³/mol. The van der Waals surface area contributed by atoms with Crippen molar-refractivity contribution in [1.82, 2.24) is 4.98 Å². The molecule has 2 aromatic heterocycles. The van der Waals surface area contributed by atoms with Crippen LogP contribution >= 0.6 is 38.6 Å². The molecule has 0 aliphatic carbocycles. The molecule has 0 saturated heterocycles. The van der Waals surface area contributed by atoms with E-state index in [0.717, 1.165) is 18.5 Å². The van der Waals surface area contributed by atoms with Crippen molar-refractivity contribution in [3.63, 3.8) is 0 Å². The van der Waals surface area contributed by atoms with Crippen LogP contribution in [-0.4, -0.2) is 10.8 Å². The van der Waals surface area contributed by atoms with Crippen LogP contribution in [0.4, 0.5) is 0 Å². The highest BCUT2D eigenvalue weighted by atomic mass is 79.9. The highest BCUT2D eigenvalue weighted by Gasteiger charge is 2.08.